The zero-order chi connectivity index (χ0) is 17.5. The highest BCUT2D eigenvalue weighted by Gasteiger charge is 2.12. The van der Waals surface area contributed by atoms with Crippen LogP contribution >= 0.6 is 0 Å². The van der Waals surface area contributed by atoms with E-state index in [0.717, 1.165) is 31.6 Å². The van der Waals surface area contributed by atoms with Crippen LogP contribution in [-0.4, -0.2) is 35.7 Å². The van der Waals surface area contributed by atoms with Crippen LogP contribution in [0.2, 0.25) is 0 Å². The lowest BCUT2D eigenvalue weighted by molar-refractivity contribution is 0.0947. The van der Waals surface area contributed by atoms with Crippen molar-refractivity contribution in [3.05, 3.63) is 42.1 Å². The Labute approximate surface area is 148 Å². The highest BCUT2D eigenvalue weighted by Crippen LogP contribution is 2.23. The van der Waals surface area contributed by atoms with Crippen molar-refractivity contribution >= 4 is 23.1 Å². The third-order valence-electron chi connectivity index (χ3n) is 4.32. The second-order valence-electron chi connectivity index (χ2n) is 6.28. The largest absolute Gasteiger partial charge is 0.372 e. The first-order chi connectivity index (χ1) is 12.3. The van der Waals surface area contributed by atoms with E-state index < -0.39 is 0 Å². The predicted octanol–water partition coefficient (Wildman–Crippen LogP) is 3.35. The van der Waals surface area contributed by atoms with E-state index in [2.05, 4.69) is 44.8 Å². The van der Waals surface area contributed by atoms with Gasteiger partial charge in [0, 0.05) is 31.0 Å². The third kappa shape index (κ3) is 4.68. The Morgan fingerprint density at radius 1 is 1.08 bits per heavy atom. The second kappa shape index (κ2) is 8.46. The maximum Gasteiger partial charge on any atom is 0.271 e. The molecule has 0 saturated carbocycles. The van der Waals surface area contributed by atoms with Gasteiger partial charge in [-0.25, -0.2) is 0 Å². The predicted molar refractivity (Wildman–Crippen MR) is 100 cm³/mol. The van der Waals surface area contributed by atoms with Gasteiger partial charge in [-0.05, 0) is 55.7 Å². The van der Waals surface area contributed by atoms with Crippen LogP contribution in [0.4, 0.5) is 17.2 Å². The molecular weight excluding hydrogens is 314 g/mol. The van der Waals surface area contributed by atoms with E-state index in [9.17, 15) is 4.79 Å². The average Bonchev–Trinajstić information content (AvgIpc) is 3.18. The second-order valence-corrected chi connectivity index (χ2v) is 6.28. The van der Waals surface area contributed by atoms with Crippen LogP contribution in [0.1, 0.15) is 43.1 Å². The molecule has 0 aliphatic carbocycles. The number of hydrogen-bond acceptors (Lipinski definition) is 5. The Bertz CT molecular complexity index is 678. The fourth-order valence-electron chi connectivity index (χ4n) is 2.87. The molecule has 1 aliphatic rings. The molecule has 1 fully saturated rings. The molecule has 6 nitrogen and oxygen atoms in total. The molecule has 1 amide bonds. The van der Waals surface area contributed by atoms with E-state index in [4.69, 9.17) is 0 Å². The summed E-state index contributed by atoms with van der Waals surface area (Å²) in [5.41, 5.74) is 2.55. The lowest BCUT2D eigenvalue weighted by Crippen LogP contribution is -2.25. The van der Waals surface area contributed by atoms with Gasteiger partial charge in [0.1, 0.15) is 0 Å². The maximum atomic E-state index is 11.9. The molecule has 0 atom stereocenters. The van der Waals surface area contributed by atoms with Crippen molar-refractivity contribution in [2.24, 2.45) is 0 Å². The minimum atomic E-state index is -0.178. The number of nitrogens with one attached hydrogen (secondary N) is 2. The van der Waals surface area contributed by atoms with Gasteiger partial charge < -0.3 is 15.5 Å². The van der Waals surface area contributed by atoms with Gasteiger partial charge in [0.05, 0.1) is 0 Å². The molecule has 25 heavy (non-hydrogen) atoms. The lowest BCUT2D eigenvalue weighted by atomic mass is 10.2. The number of benzene rings is 1. The Morgan fingerprint density at radius 3 is 2.48 bits per heavy atom. The molecule has 0 unspecified atom stereocenters. The Morgan fingerprint density at radius 2 is 1.84 bits per heavy atom. The van der Waals surface area contributed by atoms with Crippen molar-refractivity contribution in [2.75, 3.05) is 29.9 Å². The molecule has 1 saturated heterocycles. The molecule has 132 valence electrons. The smallest absolute Gasteiger partial charge is 0.271 e. The van der Waals surface area contributed by atoms with Gasteiger partial charge in [0.25, 0.3) is 5.91 Å². The van der Waals surface area contributed by atoms with E-state index >= 15 is 0 Å². The van der Waals surface area contributed by atoms with E-state index in [1.54, 1.807) is 12.1 Å². The van der Waals surface area contributed by atoms with Gasteiger partial charge in [0.2, 0.25) is 0 Å². The standard InChI is InChI=1S/C19H25N5O/c1-2-3-12-20-19(25)17-10-11-18(23-22-17)21-15-6-8-16(9-7-15)24-13-4-5-14-24/h6-11H,2-5,12-14H2,1H3,(H,20,25)(H,21,23). The van der Waals surface area contributed by atoms with Gasteiger partial charge in [-0.3, -0.25) is 4.79 Å². The lowest BCUT2D eigenvalue weighted by Gasteiger charge is -2.17. The van der Waals surface area contributed by atoms with Crippen LogP contribution in [0.15, 0.2) is 36.4 Å². The number of hydrogen-bond donors (Lipinski definition) is 2. The molecule has 1 aliphatic heterocycles. The van der Waals surface area contributed by atoms with Crippen LogP contribution in [0.25, 0.3) is 0 Å². The topological polar surface area (TPSA) is 70.2 Å². The van der Waals surface area contributed by atoms with Crippen molar-refractivity contribution in [2.45, 2.75) is 32.6 Å². The zero-order valence-corrected chi connectivity index (χ0v) is 14.7. The summed E-state index contributed by atoms with van der Waals surface area (Å²) in [6, 6.07) is 11.8. The molecule has 6 heteroatoms. The molecular formula is C19H25N5O. The highest BCUT2D eigenvalue weighted by molar-refractivity contribution is 5.92. The SMILES string of the molecule is CCCCNC(=O)c1ccc(Nc2ccc(N3CCCC3)cc2)nn1. The molecule has 3 rings (SSSR count). The maximum absolute atomic E-state index is 11.9. The van der Waals surface area contributed by atoms with Crippen LogP contribution < -0.4 is 15.5 Å². The van der Waals surface area contributed by atoms with Crippen LogP contribution in [0.5, 0.6) is 0 Å². The molecule has 2 N–H and O–H groups in total. The number of nitrogens with zero attached hydrogens (tertiary/aromatic N) is 3. The number of carbonyl (C=O) groups excluding carboxylic acids is 1. The van der Waals surface area contributed by atoms with Crippen molar-refractivity contribution in [1.29, 1.82) is 0 Å². The fourth-order valence-corrected chi connectivity index (χ4v) is 2.87. The molecule has 0 spiro atoms. The summed E-state index contributed by atoms with van der Waals surface area (Å²) in [5.74, 6) is 0.446. The van der Waals surface area contributed by atoms with Gasteiger partial charge in [-0.15, -0.1) is 10.2 Å². The van der Waals surface area contributed by atoms with E-state index in [1.807, 2.05) is 12.1 Å². The molecule has 2 heterocycles. The van der Waals surface area contributed by atoms with Gasteiger partial charge >= 0.3 is 0 Å². The fraction of sp³-hybridized carbons (Fsp3) is 0.421. The molecule has 0 radical (unpaired) electrons. The van der Waals surface area contributed by atoms with E-state index in [-0.39, 0.29) is 5.91 Å². The molecule has 2 aromatic rings. The number of unbranched alkanes of at least 4 members (excludes halogenated alkanes) is 1. The molecule has 0 bridgehead atoms. The summed E-state index contributed by atoms with van der Waals surface area (Å²) in [7, 11) is 0. The summed E-state index contributed by atoms with van der Waals surface area (Å²) in [5, 5.41) is 14.1. The molecule has 1 aromatic carbocycles. The van der Waals surface area contributed by atoms with Crippen molar-refractivity contribution < 1.29 is 4.79 Å². The number of carbonyl (C=O) groups is 1. The first-order valence-electron chi connectivity index (χ1n) is 9.00. The van der Waals surface area contributed by atoms with Crippen LogP contribution in [-0.2, 0) is 0 Å². The number of rotatable bonds is 7. The number of anilines is 3. The summed E-state index contributed by atoms with van der Waals surface area (Å²) in [4.78, 5) is 14.3. The van der Waals surface area contributed by atoms with Gasteiger partial charge in [-0.1, -0.05) is 13.3 Å². The summed E-state index contributed by atoms with van der Waals surface area (Å²) < 4.78 is 0. The van der Waals surface area contributed by atoms with Crippen molar-refractivity contribution in [1.82, 2.24) is 15.5 Å². The zero-order valence-electron chi connectivity index (χ0n) is 14.7. The number of amides is 1. The first kappa shape index (κ1) is 17.2. The van der Waals surface area contributed by atoms with Crippen molar-refractivity contribution in [3.63, 3.8) is 0 Å². The quantitative estimate of drug-likeness (QED) is 0.757. The highest BCUT2D eigenvalue weighted by atomic mass is 16.1. The summed E-state index contributed by atoms with van der Waals surface area (Å²) in [6.07, 6.45) is 4.56. The van der Waals surface area contributed by atoms with Gasteiger partial charge in [-0.2, -0.15) is 0 Å². The number of aromatic nitrogens is 2. The monoisotopic (exact) mass is 339 g/mol. The Hall–Kier alpha value is -2.63. The van der Waals surface area contributed by atoms with Crippen LogP contribution in [0, 0.1) is 0 Å². The minimum Gasteiger partial charge on any atom is -0.372 e. The molecule has 1 aromatic heterocycles. The summed E-state index contributed by atoms with van der Waals surface area (Å²) in [6.45, 7) is 5.03. The normalized spacial score (nSPS) is 13.7. The van der Waals surface area contributed by atoms with E-state index in [1.165, 1.54) is 18.5 Å². The Balaban J connectivity index is 1.56. The van der Waals surface area contributed by atoms with E-state index in [0.29, 0.717) is 18.1 Å². The van der Waals surface area contributed by atoms with Gasteiger partial charge in [0.15, 0.2) is 11.5 Å². The van der Waals surface area contributed by atoms with Crippen LogP contribution in [0.3, 0.4) is 0 Å². The first-order valence-corrected chi connectivity index (χ1v) is 9.00. The summed E-state index contributed by atoms with van der Waals surface area (Å²) >= 11 is 0. The average molecular weight is 339 g/mol. The van der Waals surface area contributed by atoms with Crippen molar-refractivity contribution in [3.8, 4) is 0 Å². The minimum absolute atomic E-state index is 0.178. The third-order valence-corrected chi connectivity index (χ3v) is 4.32. The Kier molecular flexibility index (Phi) is 5.82.